The zero-order chi connectivity index (χ0) is 17.6. The van der Waals surface area contributed by atoms with Crippen molar-refractivity contribution < 1.29 is 14.9 Å². The van der Waals surface area contributed by atoms with Crippen molar-refractivity contribution in [1.82, 2.24) is 19.5 Å². The predicted octanol–water partition coefficient (Wildman–Crippen LogP) is -0.658. The van der Waals surface area contributed by atoms with Gasteiger partial charge < -0.3 is 20.7 Å². The van der Waals surface area contributed by atoms with Gasteiger partial charge in [-0.05, 0) is 13.8 Å². The molecule has 5 atom stereocenters. The van der Waals surface area contributed by atoms with Crippen LogP contribution in [-0.2, 0) is 4.74 Å². The molecule has 0 saturated carbocycles. The fourth-order valence-electron chi connectivity index (χ4n) is 2.79. The van der Waals surface area contributed by atoms with Crippen LogP contribution in [0.5, 0.6) is 0 Å². The van der Waals surface area contributed by atoms with Crippen molar-refractivity contribution in [3.8, 4) is 11.8 Å². The molecule has 1 unspecified atom stereocenters. The number of anilines is 1. The Balaban J connectivity index is 2.20. The van der Waals surface area contributed by atoms with Gasteiger partial charge in [-0.1, -0.05) is 17.5 Å². The van der Waals surface area contributed by atoms with Crippen molar-refractivity contribution in [1.29, 1.82) is 0 Å². The van der Waals surface area contributed by atoms with Crippen LogP contribution in [0.3, 0.4) is 0 Å². The van der Waals surface area contributed by atoms with Crippen LogP contribution in [-0.4, -0.2) is 52.9 Å². The molecule has 2 aromatic heterocycles. The number of nitrogens with zero attached hydrogens (tertiary/aromatic N) is 3. The Morgan fingerprint density at radius 2 is 2.33 bits per heavy atom. The SMILES string of the molecule is CC#C[C@@]1(Cl)C(O)[C@@H]([C@@H](C)O)O[C@H]1n1cnc2c(=O)[nH]c(N)nc21. The molecule has 1 aliphatic heterocycles. The van der Waals surface area contributed by atoms with Gasteiger partial charge >= 0.3 is 0 Å². The number of fused-ring (bicyclic) bond motifs is 1. The summed E-state index contributed by atoms with van der Waals surface area (Å²) >= 11 is 6.54. The van der Waals surface area contributed by atoms with Gasteiger partial charge in [-0.3, -0.25) is 14.3 Å². The number of H-pyrrole nitrogens is 1. The first-order valence-corrected chi connectivity index (χ1v) is 7.54. The normalized spacial score (nSPS) is 31.0. The molecule has 128 valence electrons. The van der Waals surface area contributed by atoms with E-state index in [4.69, 9.17) is 22.1 Å². The number of aromatic amines is 1. The van der Waals surface area contributed by atoms with Crippen LogP contribution < -0.4 is 11.3 Å². The van der Waals surface area contributed by atoms with E-state index in [1.54, 1.807) is 6.92 Å². The predicted molar refractivity (Wildman–Crippen MR) is 86.2 cm³/mol. The van der Waals surface area contributed by atoms with E-state index >= 15 is 0 Å². The summed E-state index contributed by atoms with van der Waals surface area (Å²) in [6.07, 6.45) is -2.95. The van der Waals surface area contributed by atoms with Crippen molar-refractivity contribution >= 4 is 28.7 Å². The second kappa shape index (κ2) is 5.75. The summed E-state index contributed by atoms with van der Waals surface area (Å²) in [5.74, 6) is 5.28. The van der Waals surface area contributed by atoms with Gasteiger partial charge in [0.25, 0.3) is 5.56 Å². The molecule has 1 fully saturated rings. The zero-order valence-corrected chi connectivity index (χ0v) is 13.7. The summed E-state index contributed by atoms with van der Waals surface area (Å²) in [5.41, 5.74) is 5.26. The van der Waals surface area contributed by atoms with E-state index in [1.807, 2.05) is 0 Å². The Morgan fingerprint density at radius 1 is 1.62 bits per heavy atom. The lowest BCUT2D eigenvalue weighted by Crippen LogP contribution is -2.43. The van der Waals surface area contributed by atoms with Gasteiger partial charge in [-0.15, -0.1) is 5.92 Å². The Hall–Kier alpha value is -2.12. The number of nitrogens with two attached hydrogens (primary N) is 1. The van der Waals surface area contributed by atoms with Crippen molar-refractivity contribution in [2.24, 2.45) is 0 Å². The fraction of sp³-hybridized carbons (Fsp3) is 0.500. The average Bonchev–Trinajstić information content (AvgIpc) is 3.00. The maximum Gasteiger partial charge on any atom is 0.280 e. The maximum absolute atomic E-state index is 11.9. The minimum absolute atomic E-state index is 0.0475. The first-order valence-electron chi connectivity index (χ1n) is 7.16. The van der Waals surface area contributed by atoms with Crippen molar-refractivity contribution in [2.75, 3.05) is 5.73 Å². The van der Waals surface area contributed by atoms with E-state index in [-0.39, 0.29) is 17.1 Å². The lowest BCUT2D eigenvalue weighted by atomic mass is 9.97. The Morgan fingerprint density at radius 3 is 2.96 bits per heavy atom. The van der Waals surface area contributed by atoms with Crippen molar-refractivity contribution in [3.05, 3.63) is 16.7 Å². The number of ether oxygens (including phenoxy) is 1. The molecule has 0 amide bonds. The third-order valence-electron chi connectivity index (χ3n) is 3.88. The quantitative estimate of drug-likeness (QED) is 0.415. The van der Waals surface area contributed by atoms with E-state index in [0.29, 0.717) is 0 Å². The van der Waals surface area contributed by atoms with E-state index < -0.39 is 35.0 Å². The summed E-state index contributed by atoms with van der Waals surface area (Å²) in [6, 6.07) is 0. The van der Waals surface area contributed by atoms with Gasteiger partial charge in [0.1, 0.15) is 12.2 Å². The van der Waals surface area contributed by atoms with Gasteiger partial charge in [-0.25, -0.2) is 4.98 Å². The van der Waals surface area contributed by atoms with E-state index in [1.165, 1.54) is 17.8 Å². The van der Waals surface area contributed by atoms with Gasteiger partial charge in [0.15, 0.2) is 22.3 Å². The molecule has 0 spiro atoms. The van der Waals surface area contributed by atoms with Crippen LogP contribution in [0.2, 0.25) is 0 Å². The highest BCUT2D eigenvalue weighted by atomic mass is 35.5. The van der Waals surface area contributed by atoms with Crippen molar-refractivity contribution in [3.63, 3.8) is 0 Å². The van der Waals surface area contributed by atoms with Gasteiger partial charge in [-0.2, -0.15) is 4.98 Å². The second-order valence-electron chi connectivity index (χ2n) is 5.56. The Bertz CT molecular complexity index is 898. The minimum Gasteiger partial charge on any atom is -0.391 e. The summed E-state index contributed by atoms with van der Waals surface area (Å²) in [6.45, 7) is 3.04. The summed E-state index contributed by atoms with van der Waals surface area (Å²) in [4.78, 5) is 20.7. The molecular formula is C14H16ClN5O4. The standard InChI is InChI=1S/C14H16ClN5O4/c1-3-4-14(15)9(22)8(6(2)21)24-12(14)20-5-17-7-10(20)18-13(16)19-11(7)23/h5-6,8-9,12,21-22H,1-2H3,(H3,16,18,19,23)/t6-,8-,9?,12-,14-/m1/s1. The molecule has 0 radical (unpaired) electrons. The topological polar surface area (TPSA) is 139 Å². The Kier molecular flexibility index (Phi) is 4.01. The number of halogens is 1. The molecular weight excluding hydrogens is 338 g/mol. The number of rotatable bonds is 2. The van der Waals surface area contributed by atoms with Crippen LogP contribution >= 0.6 is 11.6 Å². The third-order valence-corrected chi connectivity index (χ3v) is 4.39. The number of aliphatic hydroxyl groups is 2. The van der Waals surface area contributed by atoms with E-state index in [0.717, 1.165) is 0 Å². The number of aliphatic hydroxyl groups excluding tert-OH is 2. The fourth-order valence-corrected chi connectivity index (χ4v) is 3.17. The molecule has 3 heterocycles. The highest BCUT2D eigenvalue weighted by molar-refractivity contribution is 6.27. The maximum atomic E-state index is 11.9. The number of hydrogen-bond acceptors (Lipinski definition) is 7. The minimum atomic E-state index is -1.55. The first kappa shape index (κ1) is 16.7. The van der Waals surface area contributed by atoms with Crippen LogP contribution in [0.1, 0.15) is 20.1 Å². The van der Waals surface area contributed by atoms with E-state index in [9.17, 15) is 15.0 Å². The number of nitrogen functional groups attached to an aromatic ring is 1. The molecule has 0 aromatic carbocycles. The highest BCUT2D eigenvalue weighted by Gasteiger charge is 2.57. The lowest BCUT2D eigenvalue weighted by Gasteiger charge is -2.25. The molecule has 1 aliphatic rings. The smallest absolute Gasteiger partial charge is 0.280 e. The Labute approximate surface area is 141 Å². The largest absolute Gasteiger partial charge is 0.391 e. The highest BCUT2D eigenvalue weighted by Crippen LogP contribution is 2.44. The molecule has 1 saturated heterocycles. The molecule has 2 aromatic rings. The van der Waals surface area contributed by atoms with E-state index in [2.05, 4.69) is 26.8 Å². The van der Waals surface area contributed by atoms with Crippen molar-refractivity contribution in [2.45, 2.75) is 43.3 Å². The monoisotopic (exact) mass is 353 g/mol. The number of hydrogen-bond donors (Lipinski definition) is 4. The number of nitrogens with one attached hydrogen (secondary N) is 1. The van der Waals surface area contributed by atoms with Crippen LogP contribution in [0.25, 0.3) is 11.2 Å². The molecule has 3 rings (SSSR count). The third kappa shape index (κ3) is 2.35. The summed E-state index contributed by atoms with van der Waals surface area (Å²) < 4.78 is 7.11. The summed E-state index contributed by atoms with van der Waals surface area (Å²) in [5, 5.41) is 20.3. The van der Waals surface area contributed by atoms with Crippen LogP contribution in [0.15, 0.2) is 11.1 Å². The molecule has 0 aliphatic carbocycles. The zero-order valence-electron chi connectivity index (χ0n) is 12.9. The average molecular weight is 354 g/mol. The number of imidazole rings is 1. The molecule has 10 heteroatoms. The van der Waals surface area contributed by atoms with Crippen LogP contribution in [0, 0.1) is 11.8 Å². The van der Waals surface area contributed by atoms with Crippen LogP contribution in [0.4, 0.5) is 5.95 Å². The first-order chi connectivity index (χ1) is 11.3. The van der Waals surface area contributed by atoms with Gasteiger partial charge in [0.05, 0.1) is 12.4 Å². The molecule has 0 bridgehead atoms. The molecule has 9 nitrogen and oxygen atoms in total. The van der Waals surface area contributed by atoms with Gasteiger partial charge in [0.2, 0.25) is 5.95 Å². The number of alkyl halides is 1. The molecule has 5 N–H and O–H groups in total. The van der Waals surface area contributed by atoms with Gasteiger partial charge in [0, 0.05) is 0 Å². The summed E-state index contributed by atoms with van der Waals surface area (Å²) in [7, 11) is 0. The second-order valence-corrected chi connectivity index (χ2v) is 6.18. The number of aromatic nitrogens is 4. The molecule has 24 heavy (non-hydrogen) atoms. The lowest BCUT2D eigenvalue weighted by molar-refractivity contribution is -0.0752.